The van der Waals surface area contributed by atoms with Crippen LogP contribution >= 0.6 is 0 Å². The zero-order valence-corrected chi connectivity index (χ0v) is 54.3. The van der Waals surface area contributed by atoms with Crippen molar-refractivity contribution in [2.75, 3.05) is 13.2 Å². The Balaban J connectivity index is 2.56. The number of rotatable bonds is 60. The molecule has 0 saturated carbocycles. The van der Waals surface area contributed by atoms with Crippen molar-refractivity contribution >= 4 is 11.9 Å². The highest BCUT2D eigenvalue weighted by Gasteiger charge is 2.47. The molecule has 0 radical (unpaired) electrons. The molecule has 11 nitrogen and oxygen atoms in total. The summed E-state index contributed by atoms with van der Waals surface area (Å²) < 4.78 is 17.7. The van der Waals surface area contributed by atoms with E-state index in [-0.39, 0.29) is 19.4 Å². The van der Waals surface area contributed by atoms with E-state index in [0.29, 0.717) is 12.8 Å². The minimum atomic E-state index is -1.62. The SMILES string of the molecule is CCCCC/C=C\C/C=C\C/C=C\C/C=C\CCC(O)C(=O)NC(COC1OC(CO)C(O)C(O)C1OC(=O)CCCCCCCCCCCCCCCCCCC/C=C/CCCCCCCC)C(O)/C=C/CCCCCCCCCCCC. The van der Waals surface area contributed by atoms with Gasteiger partial charge in [0.2, 0.25) is 5.91 Å². The Morgan fingerprint density at radius 2 is 0.821 bits per heavy atom. The molecule has 0 aromatic heterocycles. The Bertz CT molecular complexity index is 1640. The molecule has 0 spiro atoms. The molecule has 0 aromatic rings. The lowest BCUT2D eigenvalue weighted by Gasteiger charge is -2.41. The number of allylic oxidation sites excluding steroid dienone is 11. The lowest BCUT2D eigenvalue weighted by Crippen LogP contribution is -2.61. The van der Waals surface area contributed by atoms with Crippen molar-refractivity contribution in [3.8, 4) is 0 Å². The first-order chi connectivity index (χ1) is 41.2. The number of carbonyl (C=O) groups is 2. The third-order valence-electron chi connectivity index (χ3n) is 16.3. The number of unbranched alkanes of at least 4 members (excludes halogenated alkanes) is 36. The summed E-state index contributed by atoms with van der Waals surface area (Å²) in [7, 11) is 0. The van der Waals surface area contributed by atoms with Crippen LogP contribution in [0.1, 0.15) is 316 Å². The van der Waals surface area contributed by atoms with Crippen molar-refractivity contribution in [2.45, 2.75) is 365 Å². The van der Waals surface area contributed by atoms with E-state index in [1.807, 2.05) is 18.2 Å². The highest BCUT2D eigenvalue weighted by atomic mass is 16.7. The van der Waals surface area contributed by atoms with Crippen LogP contribution in [-0.2, 0) is 23.8 Å². The normalized spacial score (nSPS) is 18.9. The second-order valence-electron chi connectivity index (χ2n) is 24.3. The van der Waals surface area contributed by atoms with Crippen LogP contribution < -0.4 is 5.32 Å². The number of amides is 1. The minimum absolute atomic E-state index is 0.118. The second-order valence-corrected chi connectivity index (χ2v) is 24.3. The number of hydrogen-bond acceptors (Lipinski definition) is 10. The van der Waals surface area contributed by atoms with Crippen molar-refractivity contribution in [1.29, 1.82) is 0 Å². The van der Waals surface area contributed by atoms with Gasteiger partial charge in [0.1, 0.15) is 24.4 Å². The van der Waals surface area contributed by atoms with Crippen molar-refractivity contribution in [3.63, 3.8) is 0 Å². The summed E-state index contributed by atoms with van der Waals surface area (Å²) in [6.45, 7) is 5.75. The first-order valence-corrected chi connectivity index (χ1v) is 35.2. The number of carbonyl (C=O) groups excluding carboxylic acids is 2. The Morgan fingerprint density at radius 1 is 0.464 bits per heavy atom. The Morgan fingerprint density at radius 3 is 1.26 bits per heavy atom. The van der Waals surface area contributed by atoms with Crippen molar-refractivity contribution in [2.24, 2.45) is 0 Å². The summed E-state index contributed by atoms with van der Waals surface area (Å²) in [5, 5.41) is 57.1. The fourth-order valence-corrected chi connectivity index (χ4v) is 10.8. The summed E-state index contributed by atoms with van der Waals surface area (Å²) in [5.41, 5.74) is 0. The van der Waals surface area contributed by atoms with Gasteiger partial charge in [0.05, 0.1) is 25.4 Å². The van der Waals surface area contributed by atoms with E-state index < -0.39 is 67.4 Å². The lowest BCUT2D eigenvalue weighted by molar-refractivity contribution is -0.305. The topological polar surface area (TPSA) is 175 Å². The number of nitrogens with one attached hydrogen (secondary N) is 1. The molecule has 8 unspecified atom stereocenters. The van der Waals surface area contributed by atoms with Gasteiger partial charge in [-0.3, -0.25) is 9.59 Å². The monoisotopic (exact) mass is 1180 g/mol. The van der Waals surface area contributed by atoms with E-state index >= 15 is 0 Å². The average molecular weight is 1180 g/mol. The molecule has 0 aliphatic carbocycles. The highest BCUT2D eigenvalue weighted by Crippen LogP contribution is 2.26. The molecule has 0 bridgehead atoms. The number of aliphatic hydroxyl groups excluding tert-OH is 5. The van der Waals surface area contributed by atoms with Gasteiger partial charge in [-0.15, -0.1) is 0 Å². The average Bonchev–Trinajstić information content (AvgIpc) is 3.54. The fourth-order valence-electron chi connectivity index (χ4n) is 10.8. The van der Waals surface area contributed by atoms with Crippen LogP contribution in [0.3, 0.4) is 0 Å². The number of aliphatic hydroxyl groups is 5. The predicted molar refractivity (Wildman–Crippen MR) is 352 cm³/mol. The van der Waals surface area contributed by atoms with Gasteiger partial charge in [0.15, 0.2) is 12.4 Å². The largest absolute Gasteiger partial charge is 0.454 e. The smallest absolute Gasteiger partial charge is 0.306 e. The van der Waals surface area contributed by atoms with E-state index in [2.05, 4.69) is 74.7 Å². The first-order valence-electron chi connectivity index (χ1n) is 35.2. The minimum Gasteiger partial charge on any atom is -0.454 e. The van der Waals surface area contributed by atoms with Crippen LogP contribution in [0.5, 0.6) is 0 Å². The van der Waals surface area contributed by atoms with Crippen molar-refractivity contribution < 1.29 is 49.3 Å². The maximum atomic E-state index is 13.4. The second kappa shape index (κ2) is 60.4. The maximum Gasteiger partial charge on any atom is 0.306 e. The molecular formula is C73H131NO10. The molecule has 84 heavy (non-hydrogen) atoms. The molecule has 1 aliphatic heterocycles. The van der Waals surface area contributed by atoms with Gasteiger partial charge >= 0.3 is 5.97 Å². The van der Waals surface area contributed by atoms with Gasteiger partial charge in [-0.1, -0.05) is 293 Å². The summed E-state index contributed by atoms with van der Waals surface area (Å²) in [6, 6.07) is -1.05. The molecule has 1 amide bonds. The van der Waals surface area contributed by atoms with E-state index in [9.17, 15) is 35.1 Å². The van der Waals surface area contributed by atoms with Crippen LogP contribution in [0, 0.1) is 0 Å². The predicted octanol–water partition coefficient (Wildman–Crippen LogP) is 17.9. The van der Waals surface area contributed by atoms with Gasteiger partial charge in [0, 0.05) is 6.42 Å². The van der Waals surface area contributed by atoms with E-state index in [1.165, 1.54) is 199 Å². The summed E-state index contributed by atoms with van der Waals surface area (Å²) in [4.78, 5) is 26.6. The number of hydrogen-bond donors (Lipinski definition) is 6. The van der Waals surface area contributed by atoms with Crippen LogP contribution in [-0.4, -0.2) is 99.6 Å². The molecular weight excluding hydrogens is 1050 g/mol. The van der Waals surface area contributed by atoms with E-state index in [4.69, 9.17) is 14.2 Å². The third kappa shape index (κ3) is 47.2. The van der Waals surface area contributed by atoms with Crippen molar-refractivity contribution in [1.82, 2.24) is 5.32 Å². The van der Waals surface area contributed by atoms with Gasteiger partial charge < -0.3 is 45.1 Å². The molecule has 6 N–H and O–H groups in total. The fraction of sp³-hybridized carbons (Fsp3) is 0.808. The quantitative estimate of drug-likeness (QED) is 0.0195. The van der Waals surface area contributed by atoms with Crippen LogP contribution in [0.4, 0.5) is 0 Å². The molecule has 1 heterocycles. The summed E-state index contributed by atoms with van der Waals surface area (Å²) in [6.07, 6.45) is 68.2. The molecule has 11 heteroatoms. The van der Waals surface area contributed by atoms with Gasteiger partial charge in [-0.05, 0) is 89.9 Å². The van der Waals surface area contributed by atoms with Crippen LogP contribution in [0.15, 0.2) is 72.9 Å². The zero-order valence-electron chi connectivity index (χ0n) is 54.3. The third-order valence-corrected chi connectivity index (χ3v) is 16.3. The maximum absolute atomic E-state index is 13.4. The molecule has 0 aromatic carbocycles. The highest BCUT2D eigenvalue weighted by molar-refractivity contribution is 5.80. The molecule has 1 rings (SSSR count). The molecule has 1 saturated heterocycles. The van der Waals surface area contributed by atoms with E-state index in [1.54, 1.807) is 6.08 Å². The molecule has 1 fully saturated rings. The van der Waals surface area contributed by atoms with E-state index in [0.717, 1.165) is 70.6 Å². The van der Waals surface area contributed by atoms with Gasteiger partial charge in [-0.25, -0.2) is 0 Å². The summed E-state index contributed by atoms with van der Waals surface area (Å²) >= 11 is 0. The van der Waals surface area contributed by atoms with Crippen molar-refractivity contribution in [3.05, 3.63) is 72.9 Å². The standard InChI is InChI=1S/C73H131NO10/c1-4-7-10-13-16-19-22-25-27-29-30-31-32-33-34-35-36-37-38-39-41-43-46-49-52-55-58-61-68(78)84-71-70(80)69(79)67(62-75)83-73(71)82-63-64(65(76)59-56-53-50-47-44-24-21-18-15-12-9-6-3)74-72(81)66(77)60-57-54-51-48-45-42-40-28-26-23-20-17-14-11-8-5-2/h17,20,25-28,42,45,51,54,56,59,64-67,69-71,73,75-77,79-80H,4-16,18-19,21-24,29-41,43-44,46-50,52-53,55,57-58,60-63H2,1-3H3,(H,74,81)/b20-17-,27-25+,28-26-,45-42-,54-51-,59-56+. The van der Waals surface area contributed by atoms with Crippen LogP contribution in [0.2, 0.25) is 0 Å². The van der Waals surface area contributed by atoms with Crippen LogP contribution in [0.25, 0.3) is 0 Å². The molecule has 8 atom stereocenters. The molecule has 1 aliphatic rings. The Kier molecular flexibility index (Phi) is 56.9. The van der Waals surface area contributed by atoms with Gasteiger partial charge in [-0.2, -0.15) is 0 Å². The first kappa shape index (κ1) is 79.1. The Hall–Kier alpha value is -2.90. The Labute approximate surface area is 515 Å². The van der Waals surface area contributed by atoms with Gasteiger partial charge in [0.25, 0.3) is 0 Å². The zero-order chi connectivity index (χ0) is 61.0. The molecule has 488 valence electrons. The summed E-state index contributed by atoms with van der Waals surface area (Å²) in [5.74, 6) is -1.25. The number of ether oxygens (including phenoxy) is 3. The lowest BCUT2D eigenvalue weighted by atomic mass is 9.99. The number of esters is 1.